The lowest BCUT2D eigenvalue weighted by Gasteiger charge is -2.26. The molecule has 1 saturated heterocycles. The van der Waals surface area contributed by atoms with Crippen LogP contribution in [0.3, 0.4) is 0 Å². The van der Waals surface area contributed by atoms with E-state index in [0.717, 1.165) is 29.8 Å². The van der Waals surface area contributed by atoms with E-state index in [-0.39, 0.29) is 23.1 Å². The molecule has 1 N–H and O–H groups in total. The Kier molecular flexibility index (Phi) is 5.82. The van der Waals surface area contributed by atoms with Gasteiger partial charge >= 0.3 is 0 Å². The Morgan fingerprint density at radius 1 is 1.31 bits per heavy atom. The van der Waals surface area contributed by atoms with Crippen molar-refractivity contribution in [3.8, 4) is 11.3 Å². The summed E-state index contributed by atoms with van der Waals surface area (Å²) < 4.78 is 5.49. The van der Waals surface area contributed by atoms with Crippen LogP contribution >= 0.6 is 0 Å². The van der Waals surface area contributed by atoms with Gasteiger partial charge in [-0.05, 0) is 44.7 Å². The zero-order chi connectivity index (χ0) is 23.0. The fourth-order valence-corrected chi connectivity index (χ4v) is 4.18. The zero-order valence-corrected chi connectivity index (χ0v) is 19.1. The predicted octanol–water partition coefficient (Wildman–Crippen LogP) is 3.04. The van der Waals surface area contributed by atoms with Gasteiger partial charge in [0.2, 0.25) is 5.95 Å². The number of anilines is 1. The Morgan fingerprint density at radius 3 is 2.75 bits per heavy atom. The van der Waals surface area contributed by atoms with E-state index in [9.17, 15) is 9.59 Å². The van der Waals surface area contributed by atoms with Crippen LogP contribution in [0.25, 0.3) is 11.3 Å². The maximum absolute atomic E-state index is 13.5. The van der Waals surface area contributed by atoms with Crippen LogP contribution in [0.2, 0.25) is 0 Å². The number of aromatic nitrogens is 4. The van der Waals surface area contributed by atoms with Crippen molar-refractivity contribution < 1.29 is 9.32 Å². The number of nitrogens with zero attached hydrogens (tertiary/aromatic N) is 5. The van der Waals surface area contributed by atoms with E-state index >= 15 is 0 Å². The first-order valence-electron chi connectivity index (χ1n) is 10.8. The molecule has 9 nitrogen and oxygen atoms in total. The quantitative estimate of drug-likeness (QED) is 0.655. The summed E-state index contributed by atoms with van der Waals surface area (Å²) in [5.41, 5.74) is 3.70. The fourth-order valence-electron chi connectivity index (χ4n) is 4.18. The fraction of sp³-hybridized carbons (Fsp3) is 0.435. The molecule has 4 heterocycles. The van der Waals surface area contributed by atoms with Crippen molar-refractivity contribution in [1.82, 2.24) is 25.0 Å². The maximum atomic E-state index is 13.5. The van der Waals surface area contributed by atoms with Crippen LogP contribution in [0, 0.1) is 13.8 Å². The summed E-state index contributed by atoms with van der Waals surface area (Å²) in [6.07, 6.45) is 3.97. The van der Waals surface area contributed by atoms with Gasteiger partial charge in [0, 0.05) is 38.6 Å². The number of carbonyl (C=O) groups excluding carboxylic acids is 1. The topological polar surface area (TPSA) is 108 Å². The molecule has 0 radical (unpaired) electrons. The Labute approximate surface area is 186 Å². The van der Waals surface area contributed by atoms with E-state index in [1.54, 1.807) is 17.2 Å². The normalized spacial score (nSPS) is 15.9. The minimum Gasteiger partial charge on any atom is -0.356 e. The molecule has 1 fully saturated rings. The number of hydrogen-bond donors (Lipinski definition) is 1. The number of H-pyrrole nitrogens is 1. The summed E-state index contributed by atoms with van der Waals surface area (Å²) in [5.74, 6) is 0.813. The van der Waals surface area contributed by atoms with Crippen LogP contribution in [0.4, 0.5) is 5.95 Å². The van der Waals surface area contributed by atoms with E-state index in [4.69, 9.17) is 9.51 Å². The average Bonchev–Trinajstić information content (AvgIpc) is 3.43. The standard InChI is InChI=1S/C23H28N6O3/c1-6-17-13(2)10-15(21(30)25-17)22(31)29-9-7-8-18(29)20-16(19-11-14(3)27-32-19)12-24-23(26-20)28(4)5/h10-12,18H,6-9H2,1-5H3,(H,25,30). The summed E-state index contributed by atoms with van der Waals surface area (Å²) in [7, 11) is 3.74. The molecule has 32 heavy (non-hydrogen) atoms. The van der Waals surface area contributed by atoms with Crippen LogP contribution in [-0.2, 0) is 6.42 Å². The Balaban J connectivity index is 1.78. The highest BCUT2D eigenvalue weighted by Gasteiger charge is 2.35. The first kappa shape index (κ1) is 21.7. The average molecular weight is 437 g/mol. The van der Waals surface area contributed by atoms with Crippen molar-refractivity contribution in [2.45, 2.75) is 46.1 Å². The van der Waals surface area contributed by atoms with Gasteiger partial charge in [-0.3, -0.25) is 9.59 Å². The largest absolute Gasteiger partial charge is 0.356 e. The molecule has 1 aliphatic heterocycles. The SMILES string of the molecule is CCc1[nH]c(=O)c(C(=O)N2CCCC2c2nc(N(C)C)ncc2-c2cc(C)no2)cc1C. The van der Waals surface area contributed by atoms with Gasteiger partial charge in [-0.2, -0.15) is 0 Å². The van der Waals surface area contributed by atoms with Gasteiger partial charge in [0.05, 0.1) is 23.0 Å². The minimum atomic E-state index is -0.356. The molecule has 3 aromatic heterocycles. The first-order valence-corrected chi connectivity index (χ1v) is 10.8. The van der Waals surface area contributed by atoms with E-state index in [1.165, 1.54) is 0 Å². The van der Waals surface area contributed by atoms with Crippen molar-refractivity contribution in [2.75, 3.05) is 25.5 Å². The van der Waals surface area contributed by atoms with Crippen molar-refractivity contribution in [3.63, 3.8) is 0 Å². The predicted molar refractivity (Wildman–Crippen MR) is 121 cm³/mol. The molecule has 0 aliphatic carbocycles. The molecule has 0 bridgehead atoms. The van der Waals surface area contributed by atoms with Crippen LogP contribution in [0.1, 0.15) is 58.8 Å². The van der Waals surface area contributed by atoms with Crippen molar-refractivity contribution >= 4 is 11.9 Å². The van der Waals surface area contributed by atoms with Crippen LogP contribution in [0.5, 0.6) is 0 Å². The highest BCUT2D eigenvalue weighted by Crippen LogP contribution is 2.38. The number of carbonyl (C=O) groups is 1. The van der Waals surface area contributed by atoms with Gasteiger partial charge in [-0.25, -0.2) is 9.97 Å². The lowest BCUT2D eigenvalue weighted by atomic mass is 10.0. The van der Waals surface area contributed by atoms with E-state index in [1.807, 2.05) is 45.8 Å². The smallest absolute Gasteiger partial charge is 0.261 e. The molecule has 1 unspecified atom stereocenters. The molecule has 1 amide bonds. The highest BCUT2D eigenvalue weighted by molar-refractivity contribution is 5.94. The van der Waals surface area contributed by atoms with E-state index in [2.05, 4.69) is 15.1 Å². The summed E-state index contributed by atoms with van der Waals surface area (Å²) in [6.45, 7) is 6.28. The van der Waals surface area contributed by atoms with Gasteiger partial charge in [0.1, 0.15) is 5.56 Å². The van der Waals surface area contributed by atoms with Crippen molar-refractivity contribution in [1.29, 1.82) is 0 Å². The van der Waals surface area contributed by atoms with Crippen LogP contribution in [0.15, 0.2) is 27.6 Å². The molecule has 4 rings (SSSR count). The molecule has 168 valence electrons. The number of aryl methyl sites for hydroxylation is 3. The highest BCUT2D eigenvalue weighted by atomic mass is 16.5. The third-order valence-electron chi connectivity index (χ3n) is 5.86. The second kappa shape index (κ2) is 8.57. The summed E-state index contributed by atoms with van der Waals surface area (Å²) in [4.78, 5) is 41.8. The van der Waals surface area contributed by atoms with Gasteiger partial charge in [0.15, 0.2) is 5.76 Å². The first-order chi connectivity index (χ1) is 15.3. The summed E-state index contributed by atoms with van der Waals surface area (Å²) >= 11 is 0. The number of aromatic amines is 1. The number of hydrogen-bond acceptors (Lipinski definition) is 7. The number of rotatable bonds is 5. The molecule has 0 aromatic carbocycles. The number of nitrogens with one attached hydrogen (secondary N) is 1. The Morgan fingerprint density at radius 2 is 2.09 bits per heavy atom. The summed E-state index contributed by atoms with van der Waals surface area (Å²) in [6, 6.07) is 3.23. The molecule has 1 aliphatic rings. The van der Waals surface area contributed by atoms with Crippen LogP contribution < -0.4 is 10.5 Å². The summed E-state index contributed by atoms with van der Waals surface area (Å²) in [5, 5.41) is 3.99. The van der Waals surface area contributed by atoms with Crippen LogP contribution in [-0.4, -0.2) is 51.6 Å². The van der Waals surface area contributed by atoms with Gasteiger partial charge < -0.3 is 19.3 Å². The molecular formula is C23H28N6O3. The number of pyridine rings is 1. The van der Waals surface area contributed by atoms with E-state index in [0.29, 0.717) is 35.9 Å². The third kappa shape index (κ3) is 3.90. The van der Waals surface area contributed by atoms with Gasteiger partial charge in [-0.1, -0.05) is 12.1 Å². The Hall–Kier alpha value is -3.49. The van der Waals surface area contributed by atoms with E-state index < -0.39 is 0 Å². The molecule has 9 heteroatoms. The van der Waals surface area contributed by atoms with Gasteiger partial charge in [-0.15, -0.1) is 0 Å². The second-order valence-electron chi connectivity index (χ2n) is 8.38. The zero-order valence-electron chi connectivity index (χ0n) is 19.1. The number of amides is 1. The molecule has 3 aromatic rings. The second-order valence-corrected chi connectivity index (χ2v) is 8.38. The third-order valence-corrected chi connectivity index (χ3v) is 5.86. The molecule has 0 saturated carbocycles. The lowest BCUT2D eigenvalue weighted by Crippen LogP contribution is -2.35. The maximum Gasteiger partial charge on any atom is 0.261 e. The molecule has 0 spiro atoms. The molecule has 1 atom stereocenters. The lowest BCUT2D eigenvalue weighted by molar-refractivity contribution is 0.0731. The number of likely N-dealkylation sites (tertiary alicyclic amines) is 1. The van der Waals surface area contributed by atoms with Crippen molar-refractivity contribution in [3.05, 3.63) is 56.9 Å². The molecular weight excluding hydrogens is 408 g/mol. The Bertz CT molecular complexity index is 1210. The van der Waals surface area contributed by atoms with Gasteiger partial charge in [0.25, 0.3) is 11.5 Å². The van der Waals surface area contributed by atoms with Crippen molar-refractivity contribution in [2.24, 2.45) is 0 Å². The minimum absolute atomic E-state index is 0.158. The monoisotopic (exact) mass is 436 g/mol.